The lowest BCUT2D eigenvalue weighted by Crippen LogP contribution is -2.58. The van der Waals surface area contributed by atoms with Gasteiger partial charge in [-0.1, -0.05) is 118 Å². The molecule has 0 radical (unpaired) electrons. The predicted molar refractivity (Wildman–Crippen MR) is 193 cm³/mol. The molecule has 0 aliphatic heterocycles. The van der Waals surface area contributed by atoms with Crippen LogP contribution in [0.1, 0.15) is 173 Å². The van der Waals surface area contributed by atoms with Crippen molar-refractivity contribution in [1.29, 1.82) is 0 Å². The molecule has 0 spiro atoms. The predicted octanol–water partition coefficient (Wildman–Crippen LogP) is 13.7. The van der Waals surface area contributed by atoms with Crippen LogP contribution in [-0.2, 0) is 0 Å². The van der Waals surface area contributed by atoms with Gasteiger partial charge in [0.15, 0.2) is 0 Å². The van der Waals surface area contributed by atoms with Crippen LogP contribution >= 0.6 is 21.6 Å². The van der Waals surface area contributed by atoms with Gasteiger partial charge in [0, 0.05) is 9.49 Å². The highest BCUT2D eigenvalue weighted by Gasteiger charge is 2.61. The van der Waals surface area contributed by atoms with Crippen molar-refractivity contribution in [1.82, 2.24) is 0 Å². The fourth-order valence-corrected chi connectivity index (χ4v) is 17.4. The molecule has 0 N–H and O–H groups in total. The second-order valence-electron chi connectivity index (χ2n) is 18.7. The zero-order chi connectivity index (χ0) is 31.1. The van der Waals surface area contributed by atoms with E-state index in [1.807, 2.05) is 0 Å². The fourth-order valence-electron chi connectivity index (χ4n) is 11.3. The van der Waals surface area contributed by atoms with Crippen LogP contribution in [0.5, 0.6) is 0 Å². The molecule has 6 atom stereocenters. The summed E-state index contributed by atoms with van der Waals surface area (Å²) >= 11 is 0. The van der Waals surface area contributed by atoms with Gasteiger partial charge >= 0.3 is 0 Å². The third-order valence-corrected chi connectivity index (χ3v) is 19.2. The summed E-state index contributed by atoms with van der Waals surface area (Å²) in [7, 11) is 5.09. The largest absolute Gasteiger partial charge is 0.0858 e. The Hall–Kier alpha value is 0.700. The van der Waals surface area contributed by atoms with Crippen LogP contribution < -0.4 is 0 Å². The second kappa shape index (κ2) is 13.8. The SMILES string of the molecule is CC1CCC(C(C)C)C(SSC2(C3(C)CCC(C(C)C)CC3)CC(C)CCC2C(C)C)(C2(C)CCC(C(C)C)CC2)C1. The van der Waals surface area contributed by atoms with Crippen LogP contribution in [0.25, 0.3) is 0 Å². The zero-order valence-corrected chi connectivity index (χ0v) is 32.1. The minimum Gasteiger partial charge on any atom is -0.0858 e. The lowest BCUT2D eigenvalue weighted by Gasteiger charge is -2.63. The van der Waals surface area contributed by atoms with Gasteiger partial charge in [0.25, 0.3) is 0 Å². The van der Waals surface area contributed by atoms with Crippen molar-refractivity contribution < 1.29 is 0 Å². The minimum atomic E-state index is 0.409. The first-order chi connectivity index (χ1) is 19.6. The van der Waals surface area contributed by atoms with Gasteiger partial charge in [0.05, 0.1) is 0 Å². The Bertz CT molecular complexity index is 772. The lowest BCUT2D eigenvalue weighted by atomic mass is 9.53. The van der Waals surface area contributed by atoms with Crippen molar-refractivity contribution in [3.05, 3.63) is 0 Å². The normalized spacial score (nSPS) is 45.7. The molecule has 42 heavy (non-hydrogen) atoms. The first-order valence-corrected chi connectivity index (χ1v) is 21.1. The molecule has 0 amide bonds. The van der Waals surface area contributed by atoms with E-state index in [0.29, 0.717) is 20.3 Å². The Morgan fingerprint density at radius 2 is 0.762 bits per heavy atom. The number of hydrogen-bond donors (Lipinski definition) is 0. The summed E-state index contributed by atoms with van der Waals surface area (Å²) in [6.07, 6.45) is 20.4. The van der Waals surface area contributed by atoms with Crippen LogP contribution in [0.4, 0.5) is 0 Å². The molecule has 0 aromatic carbocycles. The van der Waals surface area contributed by atoms with Gasteiger partial charge < -0.3 is 0 Å². The van der Waals surface area contributed by atoms with Gasteiger partial charge in [-0.15, -0.1) is 0 Å². The van der Waals surface area contributed by atoms with E-state index >= 15 is 0 Å². The van der Waals surface area contributed by atoms with Gasteiger partial charge in [-0.25, -0.2) is 0 Å². The van der Waals surface area contributed by atoms with E-state index in [9.17, 15) is 0 Å². The molecule has 4 aliphatic carbocycles. The van der Waals surface area contributed by atoms with E-state index in [1.165, 1.54) is 89.9 Å². The number of rotatable bonds is 9. The standard InChI is InChI=1S/C40H74S2/c1-27(2)33-17-21-37(11,22-18-33)39(25-31(9)13-15-35(39)29(5)6)41-42-40(26-32(10)14-16-36(40)30(7)8)38(12)23-19-34(20-24-38)28(3)4/h27-36H,13-26H2,1-12H3. The molecule has 2 heteroatoms. The van der Waals surface area contributed by atoms with E-state index in [1.54, 1.807) is 0 Å². The van der Waals surface area contributed by atoms with E-state index in [4.69, 9.17) is 0 Å². The third kappa shape index (κ3) is 6.72. The topological polar surface area (TPSA) is 0 Å². The Morgan fingerprint density at radius 3 is 1.02 bits per heavy atom. The highest BCUT2D eigenvalue weighted by atomic mass is 33.1. The Labute approximate surface area is 273 Å². The smallest absolute Gasteiger partial charge is 0.0350 e. The third-order valence-electron chi connectivity index (χ3n) is 14.6. The van der Waals surface area contributed by atoms with E-state index in [0.717, 1.165) is 59.2 Å². The molecule has 0 bridgehead atoms. The minimum absolute atomic E-state index is 0.409. The van der Waals surface area contributed by atoms with Gasteiger partial charge in [-0.3, -0.25) is 0 Å². The van der Waals surface area contributed by atoms with Crippen molar-refractivity contribution in [3.63, 3.8) is 0 Å². The second-order valence-corrected chi connectivity index (χ2v) is 21.5. The molecule has 4 rings (SSSR count). The monoisotopic (exact) mass is 619 g/mol. The van der Waals surface area contributed by atoms with Crippen LogP contribution in [0.3, 0.4) is 0 Å². The summed E-state index contributed by atoms with van der Waals surface area (Å²) in [5, 5.41) is 0. The van der Waals surface area contributed by atoms with E-state index in [-0.39, 0.29) is 0 Å². The lowest BCUT2D eigenvalue weighted by molar-refractivity contribution is 0.0160. The summed E-state index contributed by atoms with van der Waals surface area (Å²) in [5.74, 6) is 8.58. The Kier molecular flexibility index (Phi) is 11.7. The molecular weight excluding hydrogens is 545 g/mol. The first-order valence-electron chi connectivity index (χ1n) is 19.0. The fraction of sp³-hybridized carbons (Fsp3) is 1.00. The summed E-state index contributed by atoms with van der Waals surface area (Å²) in [5.41, 5.74) is 0.926. The molecule has 6 unspecified atom stereocenters. The van der Waals surface area contributed by atoms with Gasteiger partial charge in [-0.05, 0) is 147 Å². The quantitative estimate of drug-likeness (QED) is 0.236. The maximum absolute atomic E-state index is 2.80. The molecule has 4 fully saturated rings. The number of hydrogen-bond acceptors (Lipinski definition) is 2. The Morgan fingerprint density at radius 1 is 0.452 bits per heavy atom. The molecule has 0 nitrogen and oxygen atoms in total. The van der Waals surface area contributed by atoms with Crippen molar-refractivity contribution in [2.24, 2.45) is 70.0 Å². The van der Waals surface area contributed by atoms with Gasteiger partial charge in [-0.2, -0.15) is 0 Å². The van der Waals surface area contributed by atoms with Crippen molar-refractivity contribution in [3.8, 4) is 0 Å². The van der Waals surface area contributed by atoms with Crippen LogP contribution in [0.15, 0.2) is 0 Å². The molecule has 0 heterocycles. The van der Waals surface area contributed by atoms with E-state index < -0.39 is 0 Å². The summed E-state index contributed by atoms with van der Waals surface area (Å²) in [6, 6.07) is 0. The van der Waals surface area contributed by atoms with Crippen molar-refractivity contribution >= 4 is 21.6 Å². The molecule has 0 aromatic heterocycles. The van der Waals surface area contributed by atoms with Crippen LogP contribution in [0, 0.1) is 70.0 Å². The van der Waals surface area contributed by atoms with E-state index in [2.05, 4.69) is 105 Å². The molecular formula is C40H74S2. The zero-order valence-electron chi connectivity index (χ0n) is 30.5. The van der Waals surface area contributed by atoms with Crippen molar-refractivity contribution in [2.45, 2.75) is 182 Å². The van der Waals surface area contributed by atoms with Crippen LogP contribution in [0.2, 0.25) is 0 Å². The molecule has 0 aromatic rings. The molecule has 0 saturated heterocycles. The molecule has 4 aliphatic rings. The Balaban J connectivity index is 1.76. The highest BCUT2D eigenvalue weighted by molar-refractivity contribution is 8.77. The average Bonchev–Trinajstić information content (AvgIpc) is 2.91. The van der Waals surface area contributed by atoms with Gasteiger partial charge in [0.1, 0.15) is 0 Å². The maximum Gasteiger partial charge on any atom is 0.0350 e. The summed E-state index contributed by atoms with van der Waals surface area (Å²) in [6.45, 7) is 31.1. The van der Waals surface area contributed by atoms with Crippen LogP contribution in [-0.4, -0.2) is 9.49 Å². The maximum atomic E-state index is 2.80. The first kappa shape index (κ1) is 35.6. The summed E-state index contributed by atoms with van der Waals surface area (Å²) < 4.78 is 0.818. The van der Waals surface area contributed by atoms with Gasteiger partial charge in [0.2, 0.25) is 0 Å². The summed E-state index contributed by atoms with van der Waals surface area (Å²) in [4.78, 5) is 0. The highest BCUT2D eigenvalue weighted by Crippen LogP contribution is 2.72. The average molecular weight is 619 g/mol. The molecule has 246 valence electrons. The molecule has 4 saturated carbocycles. The van der Waals surface area contributed by atoms with Crippen molar-refractivity contribution in [2.75, 3.05) is 0 Å².